The minimum atomic E-state index is -0.178. The zero-order valence-electron chi connectivity index (χ0n) is 11.4. The average molecular weight is 347 g/mol. The van der Waals surface area contributed by atoms with E-state index in [1.165, 1.54) is 5.56 Å². The van der Waals surface area contributed by atoms with Gasteiger partial charge in [-0.1, -0.05) is 15.9 Å². The number of rotatable bonds is 3. The second kappa shape index (κ2) is 5.85. The molecule has 0 saturated carbocycles. The van der Waals surface area contributed by atoms with Gasteiger partial charge in [0, 0.05) is 27.8 Å². The highest BCUT2D eigenvalue weighted by Gasteiger charge is 2.14. The first kappa shape index (κ1) is 14.1. The Labute approximate surface area is 130 Å². The topological polar surface area (TPSA) is 62.0 Å². The molecule has 0 unspecified atom stereocenters. The number of halogens is 1. The highest BCUT2D eigenvalue weighted by molar-refractivity contribution is 9.10. The molecule has 2 N–H and O–H groups in total. The highest BCUT2D eigenvalue weighted by atomic mass is 79.9. The van der Waals surface area contributed by atoms with E-state index in [9.17, 15) is 9.59 Å². The van der Waals surface area contributed by atoms with Crippen LogP contribution in [0.2, 0.25) is 0 Å². The summed E-state index contributed by atoms with van der Waals surface area (Å²) in [5.74, 6) is -0.178. The zero-order chi connectivity index (χ0) is 14.8. The number of H-pyrrole nitrogens is 1. The molecule has 2 aromatic rings. The van der Waals surface area contributed by atoms with Gasteiger partial charge in [-0.2, -0.15) is 0 Å². The van der Waals surface area contributed by atoms with Crippen molar-refractivity contribution in [3.8, 4) is 0 Å². The normalized spacial score (nSPS) is 13.0. The third-order valence-corrected chi connectivity index (χ3v) is 4.24. The molecule has 108 valence electrons. The number of aromatic nitrogens is 1. The predicted octanol–water partition coefficient (Wildman–Crippen LogP) is 2.56. The van der Waals surface area contributed by atoms with Crippen LogP contribution < -0.4 is 10.9 Å². The van der Waals surface area contributed by atoms with Crippen LogP contribution in [0.25, 0.3) is 0 Å². The third-order valence-electron chi connectivity index (χ3n) is 3.71. The van der Waals surface area contributed by atoms with E-state index in [4.69, 9.17) is 0 Å². The molecule has 0 bridgehead atoms. The Hall–Kier alpha value is -1.88. The number of nitrogens with one attached hydrogen (secondary N) is 2. The van der Waals surface area contributed by atoms with Crippen LogP contribution in [0.5, 0.6) is 0 Å². The Bertz CT molecular complexity index is 735. The standard InChI is InChI=1S/C16H15BrN2O2/c17-13-6-4-10(5-7-13)15(20)18-9-12-8-11-2-1-3-14(11)19-16(12)21/h4-8H,1-3,9H2,(H,18,20)(H,19,21). The van der Waals surface area contributed by atoms with Crippen molar-refractivity contribution in [2.24, 2.45) is 0 Å². The molecule has 4 nitrogen and oxygen atoms in total. The van der Waals surface area contributed by atoms with E-state index in [-0.39, 0.29) is 18.0 Å². The molecule has 0 fully saturated rings. The van der Waals surface area contributed by atoms with Gasteiger partial charge in [-0.3, -0.25) is 9.59 Å². The molecular weight excluding hydrogens is 332 g/mol. The first-order valence-electron chi connectivity index (χ1n) is 6.91. The van der Waals surface area contributed by atoms with Crippen LogP contribution in [0.4, 0.5) is 0 Å². The molecule has 21 heavy (non-hydrogen) atoms. The Morgan fingerprint density at radius 3 is 2.76 bits per heavy atom. The molecule has 5 heteroatoms. The lowest BCUT2D eigenvalue weighted by Crippen LogP contribution is -2.27. The summed E-state index contributed by atoms with van der Waals surface area (Å²) in [7, 11) is 0. The Balaban J connectivity index is 1.72. The number of aryl methyl sites for hydroxylation is 2. The number of carbonyl (C=O) groups is 1. The number of amides is 1. The molecule has 1 aliphatic carbocycles. The van der Waals surface area contributed by atoms with Gasteiger partial charge in [0.05, 0.1) is 0 Å². The van der Waals surface area contributed by atoms with E-state index < -0.39 is 0 Å². The Morgan fingerprint density at radius 1 is 1.24 bits per heavy atom. The van der Waals surface area contributed by atoms with Gasteiger partial charge in [0.15, 0.2) is 0 Å². The van der Waals surface area contributed by atoms with Crippen molar-refractivity contribution in [3.63, 3.8) is 0 Å². The summed E-state index contributed by atoms with van der Waals surface area (Å²) in [6.07, 6.45) is 3.02. The first-order chi connectivity index (χ1) is 10.1. The number of hydrogen-bond acceptors (Lipinski definition) is 2. The second-order valence-corrected chi connectivity index (χ2v) is 6.09. The molecule has 1 heterocycles. The zero-order valence-corrected chi connectivity index (χ0v) is 13.0. The number of aromatic amines is 1. The quantitative estimate of drug-likeness (QED) is 0.897. The maximum atomic E-state index is 12.0. The fraction of sp³-hybridized carbons (Fsp3) is 0.250. The van der Waals surface area contributed by atoms with Crippen LogP contribution >= 0.6 is 15.9 Å². The molecule has 0 saturated heterocycles. The molecule has 0 radical (unpaired) electrons. The molecule has 1 aromatic heterocycles. The van der Waals surface area contributed by atoms with E-state index in [1.54, 1.807) is 12.1 Å². The van der Waals surface area contributed by atoms with Crippen LogP contribution in [0.1, 0.15) is 33.6 Å². The average Bonchev–Trinajstić information content (AvgIpc) is 2.92. The Kier molecular flexibility index (Phi) is 3.92. The number of fused-ring (bicyclic) bond motifs is 1. The summed E-state index contributed by atoms with van der Waals surface area (Å²) >= 11 is 3.33. The summed E-state index contributed by atoms with van der Waals surface area (Å²) in [4.78, 5) is 26.9. The van der Waals surface area contributed by atoms with Gasteiger partial charge in [0.2, 0.25) is 0 Å². The van der Waals surface area contributed by atoms with Crippen molar-refractivity contribution >= 4 is 21.8 Å². The number of benzene rings is 1. The van der Waals surface area contributed by atoms with Gasteiger partial charge in [0.25, 0.3) is 11.5 Å². The van der Waals surface area contributed by atoms with E-state index >= 15 is 0 Å². The number of pyridine rings is 1. The van der Waals surface area contributed by atoms with E-state index in [0.29, 0.717) is 11.1 Å². The highest BCUT2D eigenvalue weighted by Crippen LogP contribution is 2.18. The molecule has 0 spiro atoms. The van der Waals surface area contributed by atoms with Crippen LogP contribution in [0.15, 0.2) is 39.6 Å². The second-order valence-electron chi connectivity index (χ2n) is 5.17. The van der Waals surface area contributed by atoms with Crippen LogP contribution in [0.3, 0.4) is 0 Å². The largest absolute Gasteiger partial charge is 0.348 e. The summed E-state index contributed by atoms with van der Waals surface area (Å²) < 4.78 is 0.925. The minimum Gasteiger partial charge on any atom is -0.348 e. The van der Waals surface area contributed by atoms with Gasteiger partial charge in [-0.15, -0.1) is 0 Å². The predicted molar refractivity (Wildman–Crippen MR) is 84.4 cm³/mol. The molecule has 1 aliphatic rings. The number of hydrogen-bond donors (Lipinski definition) is 2. The molecule has 1 amide bonds. The lowest BCUT2D eigenvalue weighted by atomic mass is 10.1. The lowest BCUT2D eigenvalue weighted by molar-refractivity contribution is 0.0951. The molecule has 0 aliphatic heterocycles. The molecular formula is C16H15BrN2O2. The van der Waals surface area contributed by atoms with Crippen molar-refractivity contribution in [1.29, 1.82) is 0 Å². The summed E-state index contributed by atoms with van der Waals surface area (Å²) in [5, 5.41) is 2.79. The first-order valence-corrected chi connectivity index (χ1v) is 7.70. The third kappa shape index (κ3) is 3.08. The van der Waals surface area contributed by atoms with Crippen LogP contribution in [-0.2, 0) is 19.4 Å². The minimum absolute atomic E-state index is 0.105. The smallest absolute Gasteiger partial charge is 0.253 e. The van der Waals surface area contributed by atoms with Crippen molar-refractivity contribution in [2.45, 2.75) is 25.8 Å². The summed E-state index contributed by atoms with van der Waals surface area (Å²) in [6, 6.07) is 9.04. The van der Waals surface area contributed by atoms with Crippen molar-refractivity contribution in [1.82, 2.24) is 10.3 Å². The van der Waals surface area contributed by atoms with Gasteiger partial charge in [-0.05, 0) is 55.2 Å². The van der Waals surface area contributed by atoms with E-state index in [1.807, 2.05) is 18.2 Å². The van der Waals surface area contributed by atoms with E-state index in [0.717, 1.165) is 29.4 Å². The van der Waals surface area contributed by atoms with Gasteiger partial charge in [0.1, 0.15) is 0 Å². The van der Waals surface area contributed by atoms with Crippen LogP contribution in [-0.4, -0.2) is 10.9 Å². The SMILES string of the molecule is O=C(NCc1cc2c([nH]c1=O)CCC2)c1ccc(Br)cc1. The van der Waals surface area contributed by atoms with Gasteiger partial charge < -0.3 is 10.3 Å². The summed E-state index contributed by atoms with van der Waals surface area (Å²) in [6.45, 7) is 0.248. The lowest BCUT2D eigenvalue weighted by Gasteiger charge is -2.07. The monoisotopic (exact) mass is 346 g/mol. The van der Waals surface area contributed by atoms with Crippen LogP contribution in [0, 0.1) is 0 Å². The van der Waals surface area contributed by atoms with Gasteiger partial charge >= 0.3 is 0 Å². The Morgan fingerprint density at radius 2 is 2.00 bits per heavy atom. The fourth-order valence-corrected chi connectivity index (χ4v) is 2.84. The number of carbonyl (C=O) groups excluding carboxylic acids is 1. The van der Waals surface area contributed by atoms with Crippen molar-refractivity contribution < 1.29 is 4.79 Å². The molecule has 1 aromatic carbocycles. The maximum absolute atomic E-state index is 12.0. The molecule has 0 atom stereocenters. The van der Waals surface area contributed by atoms with E-state index in [2.05, 4.69) is 26.2 Å². The van der Waals surface area contributed by atoms with Gasteiger partial charge in [-0.25, -0.2) is 0 Å². The summed E-state index contributed by atoms with van der Waals surface area (Å²) in [5.41, 5.74) is 3.33. The fourth-order valence-electron chi connectivity index (χ4n) is 2.57. The van der Waals surface area contributed by atoms with Crippen molar-refractivity contribution in [3.05, 3.63) is 67.5 Å². The molecule has 3 rings (SSSR count). The maximum Gasteiger partial charge on any atom is 0.253 e. The van der Waals surface area contributed by atoms with Crippen molar-refractivity contribution in [2.75, 3.05) is 0 Å².